The van der Waals surface area contributed by atoms with E-state index < -0.39 is 57.3 Å². The summed E-state index contributed by atoms with van der Waals surface area (Å²) in [6.07, 6.45) is -1.85. The molecule has 2 saturated heterocycles. The average Bonchev–Trinajstić information content (AvgIpc) is 3.58. The number of aliphatic hydroxyl groups is 1. The lowest BCUT2D eigenvalue weighted by Gasteiger charge is -2.53. The lowest BCUT2D eigenvalue weighted by atomic mass is 10.1. The SMILES string of the molecule is CC(C)(C)[Si]1(C(C)(C)C)OC[C@H]2O[C@@H](n3ccc(NC(=O)OCc4ccccc4)n/c3=N\CCCC[C@H](NC(=O)OCc3ccccc3)C(=O)OCc3ccccc3)[C@H](O)[C@@H]2O1. The molecule has 6 rings (SSSR count). The van der Waals surface area contributed by atoms with E-state index >= 15 is 0 Å². The Kier molecular flexibility index (Phi) is 15.4. The van der Waals surface area contributed by atoms with Crippen LogP contribution >= 0.6 is 0 Å². The van der Waals surface area contributed by atoms with Crippen molar-refractivity contribution < 1.29 is 47.3 Å². The van der Waals surface area contributed by atoms with E-state index in [4.69, 9.17) is 32.8 Å². The Bertz CT molecular complexity index is 2150. The van der Waals surface area contributed by atoms with E-state index in [0.29, 0.717) is 12.8 Å². The van der Waals surface area contributed by atoms with Gasteiger partial charge in [0.1, 0.15) is 50.0 Å². The summed E-state index contributed by atoms with van der Waals surface area (Å²) in [6.45, 7) is 13.3. The number of nitrogens with one attached hydrogen (secondary N) is 2. The fraction of sp³-hybridized carbons (Fsp3) is 0.457. The summed E-state index contributed by atoms with van der Waals surface area (Å²) in [4.78, 5) is 48.5. The van der Waals surface area contributed by atoms with E-state index in [1.54, 1.807) is 16.8 Å². The maximum absolute atomic E-state index is 13.3. The molecule has 2 amide bonds. The van der Waals surface area contributed by atoms with Gasteiger partial charge in [-0.1, -0.05) is 133 Å². The van der Waals surface area contributed by atoms with Crippen molar-refractivity contribution in [1.29, 1.82) is 0 Å². The van der Waals surface area contributed by atoms with Gasteiger partial charge in [-0.2, -0.15) is 4.98 Å². The first-order valence-corrected chi connectivity index (χ1v) is 22.9. The number of fused-ring (bicyclic) bond motifs is 1. The monoisotopic (exact) mass is 869 g/mol. The topological polar surface area (TPSA) is 181 Å². The number of unbranched alkanes of at least 4 members (excludes halogenated alkanes) is 1. The number of anilines is 1. The van der Waals surface area contributed by atoms with Crippen LogP contribution in [-0.4, -0.2) is 78.9 Å². The second-order valence-corrected chi connectivity index (χ2v) is 22.3. The van der Waals surface area contributed by atoms with Crippen LogP contribution in [0.3, 0.4) is 0 Å². The average molecular weight is 870 g/mol. The molecular weight excluding hydrogens is 811 g/mol. The maximum atomic E-state index is 13.3. The van der Waals surface area contributed by atoms with Crippen LogP contribution in [0.5, 0.6) is 0 Å². The Labute approximate surface area is 364 Å². The van der Waals surface area contributed by atoms with Crippen LogP contribution in [0.25, 0.3) is 0 Å². The number of aliphatic hydroxyl groups excluding tert-OH is 1. The van der Waals surface area contributed by atoms with Gasteiger partial charge in [0.15, 0.2) is 6.23 Å². The molecule has 3 N–H and O–H groups in total. The highest BCUT2D eigenvalue weighted by molar-refractivity contribution is 6.73. The molecule has 332 valence electrons. The Morgan fingerprint density at radius 2 is 1.35 bits per heavy atom. The summed E-state index contributed by atoms with van der Waals surface area (Å²) in [5.74, 6) is -0.418. The molecule has 3 aromatic carbocycles. The first kappa shape index (κ1) is 46.1. The molecule has 62 heavy (non-hydrogen) atoms. The third-order valence-electron chi connectivity index (χ3n) is 10.8. The van der Waals surface area contributed by atoms with E-state index in [1.165, 1.54) is 0 Å². The van der Waals surface area contributed by atoms with Gasteiger partial charge in [-0.15, -0.1) is 0 Å². The minimum Gasteiger partial charge on any atom is -0.459 e. The minimum absolute atomic E-state index is 0.0407. The Balaban J connectivity index is 1.17. The molecule has 15 nitrogen and oxygen atoms in total. The van der Waals surface area contributed by atoms with Crippen molar-refractivity contribution in [2.24, 2.45) is 4.99 Å². The zero-order chi connectivity index (χ0) is 44.3. The van der Waals surface area contributed by atoms with Crippen LogP contribution in [0.2, 0.25) is 10.1 Å². The molecule has 0 bridgehead atoms. The largest absolute Gasteiger partial charge is 0.459 e. The fourth-order valence-electron chi connectivity index (χ4n) is 7.86. The van der Waals surface area contributed by atoms with Gasteiger partial charge in [0.25, 0.3) is 0 Å². The number of rotatable bonds is 15. The van der Waals surface area contributed by atoms with Gasteiger partial charge >= 0.3 is 26.7 Å². The van der Waals surface area contributed by atoms with E-state index in [0.717, 1.165) is 16.7 Å². The number of carbonyl (C=O) groups is 3. The van der Waals surface area contributed by atoms with Gasteiger partial charge in [0.05, 0.1) is 6.61 Å². The number of ether oxygens (including phenoxy) is 4. The molecule has 3 heterocycles. The second-order valence-electron chi connectivity index (χ2n) is 17.5. The molecular formula is C46H59N5O10Si. The number of hydrogen-bond donors (Lipinski definition) is 3. The molecule has 16 heteroatoms. The molecule has 2 aliphatic heterocycles. The number of aromatic nitrogens is 2. The quantitative estimate of drug-likeness (QED) is 0.0467. The summed E-state index contributed by atoms with van der Waals surface area (Å²) in [5.41, 5.74) is 2.62. The number of hydrogen-bond acceptors (Lipinski definition) is 12. The first-order chi connectivity index (χ1) is 29.6. The summed E-state index contributed by atoms with van der Waals surface area (Å²) in [6, 6.07) is 28.4. The lowest BCUT2D eigenvalue weighted by molar-refractivity contribution is -0.147. The highest BCUT2D eigenvalue weighted by Crippen LogP contribution is 2.55. The van der Waals surface area contributed by atoms with Crippen LogP contribution in [-0.2, 0) is 52.4 Å². The lowest BCUT2D eigenvalue weighted by Crippen LogP contribution is -2.65. The third kappa shape index (κ3) is 11.7. The van der Waals surface area contributed by atoms with E-state index in [1.807, 2.05) is 91.0 Å². The van der Waals surface area contributed by atoms with Crippen LogP contribution in [0.15, 0.2) is 108 Å². The van der Waals surface area contributed by atoms with Crippen LogP contribution in [0, 0.1) is 0 Å². The highest BCUT2D eigenvalue weighted by atomic mass is 28.4. The Morgan fingerprint density at radius 1 is 0.806 bits per heavy atom. The van der Waals surface area contributed by atoms with E-state index in [9.17, 15) is 19.5 Å². The van der Waals surface area contributed by atoms with Gasteiger partial charge in [-0.25, -0.2) is 14.4 Å². The van der Waals surface area contributed by atoms with E-state index in [-0.39, 0.29) is 60.9 Å². The van der Waals surface area contributed by atoms with Crippen molar-refractivity contribution in [3.8, 4) is 0 Å². The predicted octanol–water partition coefficient (Wildman–Crippen LogP) is 7.46. The minimum atomic E-state index is -2.94. The maximum Gasteiger partial charge on any atom is 0.413 e. The predicted molar refractivity (Wildman–Crippen MR) is 232 cm³/mol. The van der Waals surface area contributed by atoms with Gasteiger partial charge in [-0.05, 0) is 42.0 Å². The van der Waals surface area contributed by atoms with Gasteiger partial charge in [0, 0.05) is 22.8 Å². The number of nitrogens with zero attached hydrogens (tertiary/aromatic N) is 3. The van der Waals surface area contributed by atoms with Crippen molar-refractivity contribution in [2.45, 2.75) is 121 Å². The molecule has 0 aliphatic carbocycles. The molecule has 1 aromatic heterocycles. The number of alkyl carbamates (subject to hydrolysis) is 1. The molecule has 2 aliphatic rings. The Hall–Kier alpha value is -5.39. The van der Waals surface area contributed by atoms with Crippen molar-refractivity contribution in [3.63, 3.8) is 0 Å². The van der Waals surface area contributed by atoms with Crippen molar-refractivity contribution >= 4 is 32.5 Å². The van der Waals surface area contributed by atoms with Crippen LogP contribution < -0.4 is 16.3 Å². The zero-order valence-corrected chi connectivity index (χ0v) is 37.3. The van der Waals surface area contributed by atoms with Crippen LogP contribution in [0.4, 0.5) is 15.4 Å². The van der Waals surface area contributed by atoms with Crippen molar-refractivity contribution in [3.05, 3.63) is 126 Å². The second kappa shape index (κ2) is 20.7. The third-order valence-corrected chi connectivity index (χ3v) is 15.9. The molecule has 5 atom stereocenters. The van der Waals surface area contributed by atoms with Gasteiger partial charge in [0.2, 0.25) is 5.62 Å². The molecule has 4 aromatic rings. The molecule has 0 unspecified atom stereocenters. The summed E-state index contributed by atoms with van der Waals surface area (Å²) >= 11 is 0. The Morgan fingerprint density at radius 3 is 1.92 bits per heavy atom. The van der Waals surface area contributed by atoms with Crippen molar-refractivity contribution in [1.82, 2.24) is 14.9 Å². The number of amides is 2. The standard InChI is InChI=1S/C46H59N5O10Si/c1-45(2,3)62(46(4,5)6)59-31-36-39(61-62)38(52)40(60-36)51-27-25-37(50-44(55)58-30-34-22-14-9-15-23-34)49-42(51)47-26-17-16-24-35(41(53)56-28-32-18-10-7-11-19-32)48-43(54)57-29-33-20-12-8-13-21-33/h7-15,18-23,25,27,35-36,38-40,52H,16-17,24,26,28-31H2,1-6H3,(H,48,54)(H,47,49,50,55)/t35-,36+,38+,39+,40+/m0/s1. The molecule has 0 spiro atoms. The normalized spacial score (nSPS) is 20.4. The molecule has 0 saturated carbocycles. The molecule has 2 fully saturated rings. The smallest absolute Gasteiger partial charge is 0.413 e. The highest BCUT2D eigenvalue weighted by Gasteiger charge is 2.65. The fourth-order valence-corrected chi connectivity index (χ4v) is 12.8. The van der Waals surface area contributed by atoms with Gasteiger partial charge in [-0.3, -0.25) is 14.9 Å². The van der Waals surface area contributed by atoms with Gasteiger partial charge < -0.3 is 38.2 Å². The van der Waals surface area contributed by atoms with Crippen LogP contribution in [0.1, 0.15) is 83.7 Å². The number of esters is 1. The van der Waals surface area contributed by atoms with E-state index in [2.05, 4.69) is 57.2 Å². The first-order valence-electron chi connectivity index (χ1n) is 21.0. The zero-order valence-electron chi connectivity index (χ0n) is 36.3. The summed E-state index contributed by atoms with van der Waals surface area (Å²) < 4.78 is 38.0. The van der Waals surface area contributed by atoms with Crippen molar-refractivity contribution in [2.75, 3.05) is 18.5 Å². The summed E-state index contributed by atoms with van der Waals surface area (Å²) in [7, 11) is -2.94. The summed E-state index contributed by atoms with van der Waals surface area (Å²) in [5, 5.41) is 16.6. The number of carbonyl (C=O) groups excluding carboxylic acids is 3. The number of benzene rings is 3. The molecule has 0 radical (unpaired) electrons.